The van der Waals surface area contributed by atoms with Gasteiger partial charge in [-0.15, -0.1) is 0 Å². The van der Waals surface area contributed by atoms with Crippen LogP contribution in [0.4, 0.5) is 0 Å². The molecule has 0 heterocycles. The van der Waals surface area contributed by atoms with Gasteiger partial charge in [-0.3, -0.25) is 9.59 Å². The summed E-state index contributed by atoms with van der Waals surface area (Å²) in [7, 11) is 0. The van der Waals surface area contributed by atoms with Crippen molar-refractivity contribution in [2.75, 3.05) is 0 Å². The highest BCUT2D eigenvalue weighted by Crippen LogP contribution is 2.27. The van der Waals surface area contributed by atoms with Crippen molar-refractivity contribution in [1.29, 1.82) is 0 Å². The molecule has 5 heteroatoms. The second-order valence-corrected chi connectivity index (χ2v) is 6.19. The number of carboxylic acid groups (broad SMARTS) is 1. The van der Waals surface area contributed by atoms with Gasteiger partial charge in [-0.05, 0) is 37.5 Å². The van der Waals surface area contributed by atoms with Crippen LogP contribution in [0.5, 0.6) is 0 Å². The Labute approximate surface area is 132 Å². The topological polar surface area (TPSA) is 66.4 Å². The number of hydrogen-bond acceptors (Lipinski definition) is 2. The predicted octanol–water partition coefficient (Wildman–Crippen LogP) is 3.29. The van der Waals surface area contributed by atoms with Crippen molar-refractivity contribution in [1.82, 2.24) is 5.32 Å². The van der Waals surface area contributed by atoms with Crippen molar-refractivity contribution < 1.29 is 14.7 Å². The van der Waals surface area contributed by atoms with E-state index in [0.717, 1.165) is 10.0 Å². The maximum atomic E-state index is 12.3. The highest BCUT2D eigenvalue weighted by atomic mass is 79.9. The monoisotopic (exact) mass is 351 g/mol. The number of nitrogens with one attached hydrogen (secondary N) is 1. The Balaban J connectivity index is 2.04. The Morgan fingerprint density at radius 1 is 1.19 bits per heavy atom. The highest BCUT2D eigenvalue weighted by molar-refractivity contribution is 9.10. The summed E-state index contributed by atoms with van der Waals surface area (Å²) in [5, 5.41) is 12.1. The minimum absolute atomic E-state index is 0.147. The molecule has 0 radical (unpaired) electrons. The number of rotatable bonds is 4. The number of carbonyl (C=O) groups is 2. The zero-order valence-electron chi connectivity index (χ0n) is 11.8. The molecule has 4 nitrogen and oxygen atoms in total. The minimum Gasteiger partial charge on any atom is -0.481 e. The van der Waals surface area contributed by atoms with E-state index in [9.17, 15) is 14.7 Å². The summed E-state index contributed by atoms with van der Waals surface area (Å²) < 4.78 is 0.980. The molecule has 0 aromatic heterocycles. The molecule has 0 saturated heterocycles. The Morgan fingerprint density at radius 3 is 2.33 bits per heavy atom. The molecular formula is C16H18BrNO3. The molecule has 21 heavy (non-hydrogen) atoms. The maximum absolute atomic E-state index is 12.3. The van der Waals surface area contributed by atoms with Gasteiger partial charge in [-0.25, -0.2) is 0 Å². The van der Waals surface area contributed by atoms with Crippen LogP contribution in [0, 0.1) is 11.8 Å². The van der Waals surface area contributed by atoms with Crippen molar-refractivity contribution in [3.8, 4) is 0 Å². The van der Waals surface area contributed by atoms with Crippen LogP contribution < -0.4 is 5.32 Å². The second-order valence-electron chi connectivity index (χ2n) is 5.28. The summed E-state index contributed by atoms with van der Waals surface area (Å²) in [5.74, 6) is -2.23. The molecule has 1 aliphatic rings. The third kappa shape index (κ3) is 3.94. The first-order valence-corrected chi connectivity index (χ1v) is 7.72. The molecule has 0 aliphatic heterocycles. The Bertz CT molecular complexity index is 553. The number of hydrogen-bond donors (Lipinski definition) is 2. The Kier molecular flexibility index (Phi) is 5.17. The summed E-state index contributed by atoms with van der Waals surface area (Å²) in [4.78, 5) is 23.6. The molecule has 3 atom stereocenters. The quantitative estimate of drug-likeness (QED) is 0.818. The fraction of sp³-hybridized carbons (Fsp3) is 0.375. The van der Waals surface area contributed by atoms with Gasteiger partial charge in [0.25, 0.3) is 0 Å². The van der Waals surface area contributed by atoms with E-state index in [1.54, 1.807) is 0 Å². The lowest BCUT2D eigenvalue weighted by atomic mass is 9.82. The standard InChI is InChI=1S/C16H18BrNO3/c1-10(11-6-8-12(17)9-7-11)18-15(19)13-4-2-3-5-14(13)16(20)21/h2-3,6-10,13-14H,4-5H2,1H3,(H,18,19)(H,20,21)/t10-,13-,14+/m1/s1. The van der Waals surface area contributed by atoms with E-state index in [-0.39, 0.29) is 11.9 Å². The lowest BCUT2D eigenvalue weighted by Gasteiger charge is -2.26. The molecule has 1 aliphatic carbocycles. The number of aliphatic carboxylic acids is 1. The molecule has 0 spiro atoms. The van der Waals surface area contributed by atoms with Crippen LogP contribution in [0.25, 0.3) is 0 Å². The number of carboxylic acids is 1. The van der Waals surface area contributed by atoms with E-state index < -0.39 is 17.8 Å². The third-order valence-electron chi connectivity index (χ3n) is 3.82. The van der Waals surface area contributed by atoms with Crippen LogP contribution in [0.1, 0.15) is 31.4 Å². The van der Waals surface area contributed by atoms with Gasteiger partial charge in [0.2, 0.25) is 5.91 Å². The van der Waals surface area contributed by atoms with Crippen molar-refractivity contribution in [3.05, 3.63) is 46.5 Å². The summed E-state index contributed by atoms with van der Waals surface area (Å²) >= 11 is 3.37. The molecule has 0 fully saturated rings. The van der Waals surface area contributed by atoms with Crippen molar-refractivity contribution in [2.45, 2.75) is 25.8 Å². The lowest BCUT2D eigenvalue weighted by molar-refractivity contribution is -0.147. The first kappa shape index (κ1) is 15.8. The number of amides is 1. The number of allylic oxidation sites excluding steroid dienone is 2. The molecule has 1 aromatic rings. The summed E-state index contributed by atoms with van der Waals surface area (Å²) in [6, 6.07) is 7.56. The first-order chi connectivity index (χ1) is 9.99. The average Bonchev–Trinajstić information content (AvgIpc) is 2.47. The fourth-order valence-electron chi connectivity index (χ4n) is 2.53. The van der Waals surface area contributed by atoms with Gasteiger partial charge in [0.1, 0.15) is 0 Å². The smallest absolute Gasteiger partial charge is 0.307 e. The molecule has 2 N–H and O–H groups in total. The zero-order valence-corrected chi connectivity index (χ0v) is 13.3. The fourth-order valence-corrected chi connectivity index (χ4v) is 2.80. The van der Waals surface area contributed by atoms with Crippen LogP contribution in [-0.2, 0) is 9.59 Å². The van der Waals surface area contributed by atoms with Crippen molar-refractivity contribution >= 4 is 27.8 Å². The molecule has 2 rings (SSSR count). The van der Waals surface area contributed by atoms with Gasteiger partial charge in [0, 0.05) is 4.47 Å². The van der Waals surface area contributed by atoms with E-state index >= 15 is 0 Å². The van der Waals surface area contributed by atoms with Gasteiger partial charge in [-0.2, -0.15) is 0 Å². The SMILES string of the molecule is C[C@@H](NC(=O)[C@@H]1CC=CC[C@@H]1C(=O)O)c1ccc(Br)cc1. The normalized spacial score (nSPS) is 22.6. The molecule has 0 unspecified atom stereocenters. The lowest BCUT2D eigenvalue weighted by Crippen LogP contribution is -2.39. The van der Waals surface area contributed by atoms with Crippen LogP contribution in [-0.4, -0.2) is 17.0 Å². The summed E-state index contributed by atoms with van der Waals surface area (Å²) in [5.41, 5.74) is 0.991. The Morgan fingerprint density at radius 2 is 1.76 bits per heavy atom. The molecule has 1 amide bonds. The molecule has 0 bridgehead atoms. The van der Waals surface area contributed by atoms with Crippen molar-refractivity contribution in [2.24, 2.45) is 11.8 Å². The molecular weight excluding hydrogens is 334 g/mol. The highest BCUT2D eigenvalue weighted by Gasteiger charge is 2.34. The van der Waals surface area contributed by atoms with Crippen LogP contribution in [0.2, 0.25) is 0 Å². The summed E-state index contributed by atoms with van der Waals surface area (Å²) in [6.45, 7) is 1.90. The van der Waals surface area contributed by atoms with E-state index in [0.29, 0.717) is 12.8 Å². The van der Waals surface area contributed by atoms with Gasteiger partial charge in [0.15, 0.2) is 0 Å². The second kappa shape index (κ2) is 6.89. The third-order valence-corrected chi connectivity index (χ3v) is 4.34. The van der Waals surface area contributed by atoms with Crippen LogP contribution >= 0.6 is 15.9 Å². The molecule has 112 valence electrons. The minimum atomic E-state index is -0.907. The zero-order chi connectivity index (χ0) is 15.4. The van der Waals surface area contributed by atoms with Crippen molar-refractivity contribution in [3.63, 3.8) is 0 Å². The number of carbonyl (C=O) groups excluding carboxylic acids is 1. The molecule has 1 aromatic carbocycles. The van der Waals surface area contributed by atoms with E-state index in [1.807, 2.05) is 43.3 Å². The van der Waals surface area contributed by atoms with Gasteiger partial charge in [-0.1, -0.05) is 40.2 Å². The van der Waals surface area contributed by atoms with Gasteiger partial charge in [0.05, 0.1) is 17.9 Å². The Hall–Kier alpha value is -1.62. The molecule has 0 saturated carbocycles. The van der Waals surface area contributed by atoms with Gasteiger partial charge < -0.3 is 10.4 Å². The maximum Gasteiger partial charge on any atom is 0.307 e. The first-order valence-electron chi connectivity index (χ1n) is 6.92. The van der Waals surface area contributed by atoms with Gasteiger partial charge >= 0.3 is 5.97 Å². The van der Waals surface area contributed by atoms with E-state index in [4.69, 9.17) is 0 Å². The largest absolute Gasteiger partial charge is 0.481 e. The van der Waals surface area contributed by atoms with Crippen LogP contribution in [0.15, 0.2) is 40.9 Å². The van der Waals surface area contributed by atoms with E-state index in [2.05, 4.69) is 21.2 Å². The predicted molar refractivity (Wildman–Crippen MR) is 83.7 cm³/mol. The average molecular weight is 352 g/mol. The number of benzene rings is 1. The van der Waals surface area contributed by atoms with Crippen LogP contribution in [0.3, 0.4) is 0 Å². The summed E-state index contributed by atoms with van der Waals surface area (Å²) in [6.07, 6.45) is 4.62. The van der Waals surface area contributed by atoms with E-state index in [1.165, 1.54) is 0 Å². The number of halogens is 1.